The van der Waals surface area contributed by atoms with Gasteiger partial charge in [-0.1, -0.05) is 16.8 Å². The van der Waals surface area contributed by atoms with Crippen LogP contribution in [-0.2, 0) is 4.74 Å². The van der Waals surface area contributed by atoms with E-state index in [1.54, 1.807) is 26.8 Å². The van der Waals surface area contributed by atoms with Gasteiger partial charge in [0.2, 0.25) is 0 Å². The van der Waals surface area contributed by atoms with Crippen LogP contribution in [0.2, 0.25) is 0 Å². The molecule has 0 bridgehead atoms. The van der Waals surface area contributed by atoms with Crippen LogP contribution in [0.25, 0.3) is 5.65 Å². The lowest BCUT2D eigenvalue weighted by Crippen LogP contribution is -2.35. The van der Waals surface area contributed by atoms with E-state index >= 15 is 0 Å². The molecule has 0 saturated heterocycles. The largest absolute Gasteiger partial charge is 0.443 e. The number of fused-ring (bicyclic) bond motifs is 1. The fourth-order valence-corrected chi connectivity index (χ4v) is 1.66. The molecule has 2 rings (SSSR count). The Hall–Kier alpha value is -2.42. The van der Waals surface area contributed by atoms with Crippen LogP contribution in [-0.4, -0.2) is 48.9 Å². The van der Waals surface area contributed by atoms with E-state index < -0.39 is 11.7 Å². The second-order valence-electron chi connectivity index (χ2n) is 5.42. The number of oxime groups is 1. The van der Waals surface area contributed by atoms with Crippen molar-refractivity contribution in [3.05, 3.63) is 17.8 Å². The number of carbonyl (C=O) groups excluding carboxylic acids is 1. The van der Waals surface area contributed by atoms with Crippen molar-refractivity contribution >= 4 is 34.5 Å². The van der Waals surface area contributed by atoms with Gasteiger partial charge in [0.25, 0.3) is 5.95 Å². The van der Waals surface area contributed by atoms with Gasteiger partial charge in [-0.05, 0) is 32.9 Å². The Balaban J connectivity index is 2.41. The quantitative estimate of drug-likeness (QED) is 0.513. The highest BCUT2D eigenvalue weighted by Crippen LogP contribution is 2.16. The van der Waals surface area contributed by atoms with E-state index in [2.05, 4.69) is 20.5 Å². The number of hydrogen-bond donors (Lipinski definition) is 1. The molecule has 2 aromatic heterocycles. The molecule has 0 aliphatic carbocycles. The Morgan fingerprint density at radius 2 is 2.09 bits per heavy atom. The zero-order valence-corrected chi connectivity index (χ0v) is 13.2. The lowest BCUT2D eigenvalue weighted by atomic mass is 10.2. The molecule has 0 aromatic carbocycles. The molecule has 0 radical (unpaired) electrons. The molecule has 1 amide bonds. The summed E-state index contributed by atoms with van der Waals surface area (Å²) < 4.78 is 6.56. The van der Waals surface area contributed by atoms with Gasteiger partial charge in [-0.25, -0.2) is 9.69 Å². The second-order valence-corrected chi connectivity index (χ2v) is 5.78. The Labute approximate surface area is 131 Å². The van der Waals surface area contributed by atoms with E-state index in [9.17, 15) is 4.79 Å². The molecule has 118 valence electrons. The van der Waals surface area contributed by atoms with Crippen LogP contribution in [0, 0.1) is 0 Å². The lowest BCUT2D eigenvalue weighted by Gasteiger charge is -2.23. The van der Waals surface area contributed by atoms with Crippen LogP contribution in [0.3, 0.4) is 0 Å². The molecule has 0 spiro atoms. The minimum atomic E-state index is -0.642. The highest BCUT2D eigenvalue weighted by atomic mass is 35.5. The van der Waals surface area contributed by atoms with Gasteiger partial charge in [-0.3, -0.25) is 0 Å². The molecule has 2 heterocycles. The van der Waals surface area contributed by atoms with Crippen molar-refractivity contribution < 1.29 is 14.7 Å². The van der Waals surface area contributed by atoms with Gasteiger partial charge in [-0.2, -0.15) is 9.61 Å². The first-order valence-corrected chi connectivity index (χ1v) is 6.68. The third-order valence-electron chi connectivity index (χ3n) is 2.51. The molecule has 0 aliphatic rings. The molecule has 0 aliphatic heterocycles. The third-order valence-corrected chi connectivity index (χ3v) is 2.78. The SMILES string of the molecule is CN(C(=O)OC(C)(C)C)c1nnc2ccc(C(Cl)=NO)nn12. The van der Waals surface area contributed by atoms with Gasteiger partial charge in [-0.15, -0.1) is 10.2 Å². The molecule has 2 aromatic rings. The van der Waals surface area contributed by atoms with Gasteiger partial charge in [0.1, 0.15) is 11.3 Å². The van der Waals surface area contributed by atoms with Crippen molar-refractivity contribution in [1.82, 2.24) is 19.8 Å². The molecule has 0 saturated carbocycles. The predicted octanol–water partition coefficient (Wildman–Crippen LogP) is 1.87. The summed E-state index contributed by atoms with van der Waals surface area (Å²) >= 11 is 5.72. The van der Waals surface area contributed by atoms with Crippen molar-refractivity contribution in [2.45, 2.75) is 26.4 Å². The number of carbonyl (C=O) groups is 1. The monoisotopic (exact) mass is 326 g/mol. The number of anilines is 1. The minimum absolute atomic E-state index is 0.147. The highest BCUT2D eigenvalue weighted by Gasteiger charge is 2.24. The fraction of sp³-hybridized carbons (Fsp3) is 0.417. The molecule has 9 nitrogen and oxygen atoms in total. The van der Waals surface area contributed by atoms with Crippen LogP contribution in [0.1, 0.15) is 26.5 Å². The van der Waals surface area contributed by atoms with Crippen LogP contribution in [0.4, 0.5) is 10.7 Å². The van der Waals surface area contributed by atoms with Gasteiger partial charge < -0.3 is 9.94 Å². The van der Waals surface area contributed by atoms with Gasteiger partial charge in [0.05, 0.1) is 0 Å². The van der Waals surface area contributed by atoms with E-state index in [4.69, 9.17) is 21.5 Å². The topological polar surface area (TPSA) is 105 Å². The summed E-state index contributed by atoms with van der Waals surface area (Å²) in [7, 11) is 1.49. The standard InChI is InChI=1S/C12H15ClN6O3/c1-12(2,3)22-11(20)18(4)10-15-14-8-6-5-7(9(13)17-21)16-19(8)10/h5-6,21H,1-4H3. The number of nitrogens with zero attached hydrogens (tertiary/aromatic N) is 6. The average Bonchev–Trinajstić information content (AvgIpc) is 2.86. The third kappa shape index (κ3) is 3.25. The number of hydrogen-bond acceptors (Lipinski definition) is 7. The van der Waals surface area contributed by atoms with Crippen LogP contribution in [0.5, 0.6) is 0 Å². The van der Waals surface area contributed by atoms with Crippen LogP contribution < -0.4 is 4.90 Å². The number of amides is 1. The van der Waals surface area contributed by atoms with E-state index in [1.807, 2.05) is 0 Å². The smallest absolute Gasteiger partial charge is 0.416 e. The molecule has 0 unspecified atom stereocenters. The zero-order chi connectivity index (χ0) is 16.5. The lowest BCUT2D eigenvalue weighted by molar-refractivity contribution is 0.0586. The average molecular weight is 327 g/mol. The Kier molecular flexibility index (Phi) is 4.18. The van der Waals surface area contributed by atoms with E-state index in [-0.39, 0.29) is 16.8 Å². The predicted molar refractivity (Wildman–Crippen MR) is 79.6 cm³/mol. The fourth-order valence-electron chi connectivity index (χ4n) is 1.56. The number of halogens is 1. The summed E-state index contributed by atoms with van der Waals surface area (Å²) in [5.74, 6) is 0.147. The molecule has 10 heteroatoms. The maximum absolute atomic E-state index is 12.1. The highest BCUT2D eigenvalue weighted by molar-refractivity contribution is 6.69. The molecule has 1 N–H and O–H groups in total. The maximum Gasteiger partial charge on any atom is 0.416 e. The molecular formula is C12H15ClN6O3. The molecule has 0 fully saturated rings. The Morgan fingerprint density at radius 3 is 2.68 bits per heavy atom. The summed E-state index contributed by atoms with van der Waals surface area (Å²) in [4.78, 5) is 13.3. The van der Waals surface area contributed by atoms with Crippen molar-refractivity contribution in [3.8, 4) is 0 Å². The molecule has 22 heavy (non-hydrogen) atoms. The van der Waals surface area contributed by atoms with Gasteiger partial charge in [0.15, 0.2) is 10.8 Å². The summed E-state index contributed by atoms with van der Waals surface area (Å²) in [6.45, 7) is 5.28. The van der Waals surface area contributed by atoms with Crippen LogP contribution in [0.15, 0.2) is 17.3 Å². The summed E-state index contributed by atoms with van der Waals surface area (Å²) in [6, 6.07) is 3.10. The van der Waals surface area contributed by atoms with Crippen molar-refractivity contribution in [3.63, 3.8) is 0 Å². The first-order valence-electron chi connectivity index (χ1n) is 6.30. The maximum atomic E-state index is 12.1. The minimum Gasteiger partial charge on any atom is -0.443 e. The number of rotatable bonds is 2. The van der Waals surface area contributed by atoms with Crippen molar-refractivity contribution in [1.29, 1.82) is 0 Å². The van der Waals surface area contributed by atoms with E-state index in [0.717, 1.165) is 0 Å². The summed E-state index contributed by atoms with van der Waals surface area (Å²) in [6.07, 6.45) is -0.601. The second kappa shape index (κ2) is 5.76. The molecule has 0 atom stereocenters. The normalized spacial score (nSPS) is 12.5. The van der Waals surface area contributed by atoms with Crippen molar-refractivity contribution in [2.75, 3.05) is 11.9 Å². The Bertz CT molecular complexity index is 736. The van der Waals surface area contributed by atoms with Gasteiger partial charge in [0, 0.05) is 7.05 Å². The van der Waals surface area contributed by atoms with Crippen molar-refractivity contribution in [2.24, 2.45) is 5.16 Å². The number of aromatic nitrogens is 4. The first kappa shape index (κ1) is 16.0. The summed E-state index contributed by atoms with van der Waals surface area (Å²) in [5, 5.41) is 23.3. The van der Waals surface area contributed by atoms with Gasteiger partial charge >= 0.3 is 6.09 Å². The van der Waals surface area contributed by atoms with Crippen LogP contribution >= 0.6 is 11.6 Å². The molecular weight excluding hydrogens is 312 g/mol. The first-order chi connectivity index (χ1) is 10.2. The summed E-state index contributed by atoms with van der Waals surface area (Å²) in [5.41, 5.74) is -0.0380. The van der Waals surface area contributed by atoms with E-state index in [1.165, 1.54) is 22.5 Å². The Morgan fingerprint density at radius 1 is 1.41 bits per heavy atom. The number of ether oxygens (including phenoxy) is 1. The zero-order valence-electron chi connectivity index (χ0n) is 12.5. The van der Waals surface area contributed by atoms with E-state index in [0.29, 0.717) is 5.65 Å².